The molecule has 0 atom stereocenters. The van der Waals surface area contributed by atoms with E-state index in [2.05, 4.69) is 25.1 Å². The minimum absolute atomic E-state index is 0.491. The molecule has 2 heterocycles. The van der Waals surface area contributed by atoms with Crippen LogP contribution in [0.5, 0.6) is 0 Å². The van der Waals surface area contributed by atoms with Crippen LogP contribution < -0.4 is 10.2 Å². The largest absolute Gasteiger partial charge is 0.362 e. The predicted molar refractivity (Wildman–Crippen MR) is 88.7 cm³/mol. The molecule has 2 aromatic rings. The Balaban J connectivity index is 1.82. The van der Waals surface area contributed by atoms with Crippen molar-refractivity contribution in [2.24, 2.45) is 0 Å². The number of nitrogens with zero attached hydrogens (tertiary/aromatic N) is 5. The Morgan fingerprint density at radius 2 is 2.00 bits per heavy atom. The molecular weight excluding hydrogens is 276 g/mol. The van der Waals surface area contributed by atoms with Crippen LogP contribution in [0.15, 0.2) is 18.5 Å². The minimum Gasteiger partial charge on any atom is -0.362 e. The molecule has 0 unspecified atom stereocenters. The lowest BCUT2D eigenvalue weighted by Crippen LogP contribution is -2.17. The van der Waals surface area contributed by atoms with Gasteiger partial charge in [0.2, 0.25) is 5.95 Å². The van der Waals surface area contributed by atoms with Crippen LogP contribution in [-0.2, 0) is 0 Å². The van der Waals surface area contributed by atoms with E-state index in [1.165, 1.54) is 32.1 Å². The Bertz CT molecular complexity index is 627. The highest BCUT2D eigenvalue weighted by atomic mass is 15.4. The maximum atomic E-state index is 4.60. The summed E-state index contributed by atoms with van der Waals surface area (Å²) in [6.07, 6.45) is 10.0. The van der Waals surface area contributed by atoms with Gasteiger partial charge in [-0.3, -0.25) is 0 Å². The fourth-order valence-electron chi connectivity index (χ4n) is 3.09. The van der Waals surface area contributed by atoms with Crippen LogP contribution in [0.25, 0.3) is 0 Å². The molecule has 0 saturated heterocycles. The first-order valence-electron chi connectivity index (χ1n) is 7.96. The van der Waals surface area contributed by atoms with Gasteiger partial charge in [0.25, 0.3) is 0 Å². The molecule has 1 aliphatic carbocycles. The standard InChI is InChI=1S/C16H24N6/c1-12-11-17-16(20-15(12)21(2)3)19-14-9-10-18-22(14)13-7-5-4-6-8-13/h9-11,13H,4-8H2,1-3H3,(H,17,19,20). The monoisotopic (exact) mass is 300 g/mol. The Kier molecular flexibility index (Phi) is 4.27. The quantitative estimate of drug-likeness (QED) is 0.939. The summed E-state index contributed by atoms with van der Waals surface area (Å²) in [5.74, 6) is 2.52. The summed E-state index contributed by atoms with van der Waals surface area (Å²) < 4.78 is 2.09. The van der Waals surface area contributed by atoms with Gasteiger partial charge in [0.15, 0.2) is 0 Å². The minimum atomic E-state index is 0.491. The van der Waals surface area contributed by atoms with Crippen molar-refractivity contribution in [2.75, 3.05) is 24.3 Å². The fraction of sp³-hybridized carbons (Fsp3) is 0.562. The maximum Gasteiger partial charge on any atom is 0.230 e. The average molecular weight is 300 g/mol. The number of aryl methyl sites for hydroxylation is 1. The first-order chi connectivity index (χ1) is 10.6. The molecule has 1 aliphatic rings. The van der Waals surface area contributed by atoms with Crippen LogP contribution in [0, 0.1) is 6.92 Å². The van der Waals surface area contributed by atoms with Crippen LogP contribution in [-0.4, -0.2) is 33.8 Å². The van der Waals surface area contributed by atoms with Crippen molar-refractivity contribution >= 4 is 17.6 Å². The van der Waals surface area contributed by atoms with E-state index in [0.717, 1.165) is 17.2 Å². The van der Waals surface area contributed by atoms with Gasteiger partial charge in [-0.05, 0) is 19.8 Å². The number of hydrogen-bond acceptors (Lipinski definition) is 5. The Hall–Kier alpha value is -2.11. The van der Waals surface area contributed by atoms with Gasteiger partial charge in [-0.2, -0.15) is 10.1 Å². The van der Waals surface area contributed by atoms with Crippen molar-refractivity contribution < 1.29 is 0 Å². The molecule has 1 saturated carbocycles. The van der Waals surface area contributed by atoms with Crippen molar-refractivity contribution in [3.05, 3.63) is 24.0 Å². The molecule has 0 radical (unpaired) electrons. The van der Waals surface area contributed by atoms with Crippen LogP contribution >= 0.6 is 0 Å². The number of rotatable bonds is 4. The molecule has 6 nitrogen and oxygen atoms in total. The summed E-state index contributed by atoms with van der Waals surface area (Å²) in [6, 6.07) is 2.48. The van der Waals surface area contributed by atoms with E-state index < -0.39 is 0 Å². The molecule has 0 aliphatic heterocycles. The Labute approximate surface area is 131 Å². The fourth-order valence-corrected chi connectivity index (χ4v) is 3.09. The Morgan fingerprint density at radius 3 is 2.73 bits per heavy atom. The maximum absolute atomic E-state index is 4.60. The number of hydrogen-bond donors (Lipinski definition) is 1. The summed E-state index contributed by atoms with van der Waals surface area (Å²) in [5, 5.41) is 7.82. The van der Waals surface area contributed by atoms with Crippen molar-refractivity contribution in [2.45, 2.75) is 45.1 Å². The zero-order chi connectivity index (χ0) is 15.5. The third-order valence-electron chi connectivity index (χ3n) is 4.20. The van der Waals surface area contributed by atoms with Gasteiger partial charge in [-0.25, -0.2) is 9.67 Å². The van der Waals surface area contributed by atoms with Crippen LogP contribution in [0.1, 0.15) is 43.7 Å². The Morgan fingerprint density at radius 1 is 1.23 bits per heavy atom. The summed E-state index contributed by atoms with van der Waals surface area (Å²) >= 11 is 0. The first-order valence-corrected chi connectivity index (χ1v) is 7.96. The predicted octanol–water partition coefficient (Wildman–Crippen LogP) is 3.30. The van der Waals surface area contributed by atoms with Crippen molar-refractivity contribution in [3.63, 3.8) is 0 Å². The van der Waals surface area contributed by atoms with E-state index in [4.69, 9.17) is 0 Å². The number of nitrogens with one attached hydrogen (secondary N) is 1. The molecule has 0 bridgehead atoms. The van der Waals surface area contributed by atoms with Crippen LogP contribution in [0.3, 0.4) is 0 Å². The second-order valence-corrected chi connectivity index (χ2v) is 6.17. The second kappa shape index (κ2) is 6.34. The third kappa shape index (κ3) is 3.05. The third-order valence-corrected chi connectivity index (χ3v) is 4.20. The molecule has 1 N–H and O–H groups in total. The van der Waals surface area contributed by atoms with Crippen LogP contribution in [0.4, 0.5) is 17.6 Å². The highest BCUT2D eigenvalue weighted by molar-refractivity contribution is 5.53. The summed E-state index contributed by atoms with van der Waals surface area (Å²) in [4.78, 5) is 11.0. The number of aromatic nitrogens is 4. The molecule has 0 spiro atoms. The molecule has 6 heteroatoms. The van der Waals surface area contributed by atoms with Gasteiger partial charge in [0.1, 0.15) is 11.6 Å². The average Bonchev–Trinajstić information content (AvgIpc) is 2.98. The van der Waals surface area contributed by atoms with Gasteiger partial charge in [-0.15, -0.1) is 0 Å². The molecule has 22 heavy (non-hydrogen) atoms. The van der Waals surface area contributed by atoms with E-state index in [9.17, 15) is 0 Å². The summed E-state index contributed by atoms with van der Waals surface area (Å²) in [7, 11) is 3.98. The van der Waals surface area contributed by atoms with E-state index in [0.29, 0.717) is 12.0 Å². The van der Waals surface area contributed by atoms with Gasteiger partial charge < -0.3 is 10.2 Å². The highest BCUT2D eigenvalue weighted by Gasteiger charge is 2.18. The molecular formula is C16H24N6. The van der Waals surface area contributed by atoms with Crippen molar-refractivity contribution in [1.29, 1.82) is 0 Å². The van der Waals surface area contributed by atoms with Gasteiger partial charge in [0, 0.05) is 31.9 Å². The summed E-state index contributed by atoms with van der Waals surface area (Å²) in [6.45, 7) is 2.02. The van der Waals surface area contributed by atoms with Gasteiger partial charge >= 0.3 is 0 Å². The molecule has 2 aromatic heterocycles. The smallest absolute Gasteiger partial charge is 0.230 e. The number of anilines is 3. The van der Waals surface area contributed by atoms with Crippen molar-refractivity contribution in [3.8, 4) is 0 Å². The van der Waals surface area contributed by atoms with Crippen molar-refractivity contribution in [1.82, 2.24) is 19.7 Å². The van der Waals surface area contributed by atoms with Gasteiger partial charge in [0.05, 0.1) is 12.2 Å². The normalized spacial score (nSPS) is 15.8. The molecule has 118 valence electrons. The van der Waals surface area contributed by atoms with E-state index in [1.807, 2.05) is 44.4 Å². The van der Waals surface area contributed by atoms with E-state index >= 15 is 0 Å². The lowest BCUT2D eigenvalue weighted by atomic mass is 9.96. The SMILES string of the molecule is Cc1cnc(Nc2ccnn2C2CCCCC2)nc1N(C)C. The van der Waals surface area contributed by atoms with Crippen LogP contribution in [0.2, 0.25) is 0 Å². The molecule has 0 amide bonds. The lowest BCUT2D eigenvalue weighted by molar-refractivity contribution is 0.333. The lowest BCUT2D eigenvalue weighted by Gasteiger charge is -2.24. The molecule has 1 fully saturated rings. The second-order valence-electron chi connectivity index (χ2n) is 6.17. The van der Waals surface area contributed by atoms with E-state index in [1.54, 1.807) is 0 Å². The summed E-state index contributed by atoms with van der Waals surface area (Å²) in [5.41, 5.74) is 1.07. The molecule has 3 rings (SSSR count). The zero-order valence-electron chi connectivity index (χ0n) is 13.6. The van der Waals surface area contributed by atoms with Gasteiger partial charge in [-0.1, -0.05) is 19.3 Å². The van der Waals surface area contributed by atoms with E-state index in [-0.39, 0.29) is 0 Å². The topological polar surface area (TPSA) is 58.9 Å². The first kappa shape index (κ1) is 14.8. The zero-order valence-corrected chi connectivity index (χ0v) is 13.6. The highest BCUT2D eigenvalue weighted by Crippen LogP contribution is 2.30. The molecule has 0 aromatic carbocycles.